The van der Waals surface area contributed by atoms with E-state index in [1.807, 2.05) is 36.6 Å². The summed E-state index contributed by atoms with van der Waals surface area (Å²) >= 11 is 1.66. The van der Waals surface area contributed by atoms with Crippen LogP contribution in [-0.4, -0.2) is 35.9 Å². The lowest BCUT2D eigenvalue weighted by Crippen LogP contribution is -2.38. The molecule has 2 atom stereocenters. The van der Waals surface area contributed by atoms with Crippen molar-refractivity contribution in [1.82, 2.24) is 0 Å². The molecule has 6 nitrogen and oxygen atoms in total. The molecule has 1 aromatic carbocycles. The minimum absolute atomic E-state index is 0.413. The Morgan fingerprint density at radius 2 is 1.57 bits per heavy atom. The van der Waals surface area contributed by atoms with Crippen molar-refractivity contribution in [2.75, 3.05) is 12.0 Å². The Hall–Kier alpha value is -1.57. The lowest BCUT2D eigenvalue weighted by atomic mass is 10.1. The third-order valence-corrected chi connectivity index (χ3v) is 3.31. The van der Waals surface area contributed by atoms with Crippen molar-refractivity contribution in [3.63, 3.8) is 0 Å². The summed E-state index contributed by atoms with van der Waals surface area (Å²) in [5.41, 5.74) is 21.7. The first-order valence-electron chi connectivity index (χ1n) is 6.51. The van der Waals surface area contributed by atoms with Gasteiger partial charge in [0.05, 0.1) is 12.1 Å². The van der Waals surface area contributed by atoms with Crippen LogP contribution in [0.5, 0.6) is 0 Å². The molecule has 0 saturated heterocycles. The molecule has 0 radical (unpaired) electrons. The molecule has 0 aromatic heterocycles. The van der Waals surface area contributed by atoms with Crippen LogP contribution in [0.15, 0.2) is 30.3 Å². The first-order valence-corrected chi connectivity index (χ1v) is 7.90. The molecule has 0 fully saturated rings. The van der Waals surface area contributed by atoms with E-state index in [9.17, 15) is 9.59 Å². The van der Waals surface area contributed by atoms with Crippen molar-refractivity contribution >= 4 is 23.6 Å². The van der Waals surface area contributed by atoms with E-state index in [1.54, 1.807) is 11.8 Å². The normalized spacial score (nSPS) is 12.7. The van der Waals surface area contributed by atoms with Gasteiger partial charge in [0.2, 0.25) is 11.8 Å². The van der Waals surface area contributed by atoms with E-state index in [4.69, 9.17) is 22.9 Å². The van der Waals surface area contributed by atoms with Crippen LogP contribution in [0, 0.1) is 0 Å². The van der Waals surface area contributed by atoms with Crippen LogP contribution in [0.1, 0.15) is 12.0 Å². The molecule has 21 heavy (non-hydrogen) atoms. The second kappa shape index (κ2) is 11.1. The predicted molar refractivity (Wildman–Crippen MR) is 87.5 cm³/mol. The van der Waals surface area contributed by atoms with Crippen LogP contribution in [0.3, 0.4) is 0 Å². The molecular weight excluding hydrogens is 288 g/mol. The molecule has 0 aliphatic heterocycles. The number of amides is 2. The molecule has 0 bridgehead atoms. The topological polar surface area (TPSA) is 138 Å². The number of carbonyl (C=O) groups is 2. The summed E-state index contributed by atoms with van der Waals surface area (Å²) in [4.78, 5) is 20.9. The first kappa shape index (κ1) is 19.4. The Bertz CT molecular complexity index is 428. The van der Waals surface area contributed by atoms with Gasteiger partial charge in [0, 0.05) is 0 Å². The zero-order valence-corrected chi connectivity index (χ0v) is 13.0. The lowest BCUT2D eigenvalue weighted by molar-refractivity contribution is -0.120. The fourth-order valence-corrected chi connectivity index (χ4v) is 1.85. The highest BCUT2D eigenvalue weighted by atomic mass is 32.2. The van der Waals surface area contributed by atoms with E-state index >= 15 is 0 Å². The number of thioether (sulfide) groups is 1. The fourth-order valence-electron chi connectivity index (χ4n) is 1.36. The van der Waals surface area contributed by atoms with Crippen LogP contribution in [0.25, 0.3) is 0 Å². The molecule has 118 valence electrons. The highest BCUT2D eigenvalue weighted by Crippen LogP contribution is 2.01. The summed E-state index contributed by atoms with van der Waals surface area (Å²) in [5, 5.41) is 0. The number of primary amides is 2. The van der Waals surface area contributed by atoms with Crippen LogP contribution < -0.4 is 22.9 Å². The van der Waals surface area contributed by atoms with Gasteiger partial charge >= 0.3 is 0 Å². The molecule has 0 saturated carbocycles. The number of nitrogens with two attached hydrogens (primary N) is 4. The Kier molecular flexibility index (Phi) is 10.3. The van der Waals surface area contributed by atoms with Crippen LogP contribution in [0.4, 0.5) is 0 Å². The van der Waals surface area contributed by atoms with E-state index < -0.39 is 23.9 Å². The van der Waals surface area contributed by atoms with Crippen molar-refractivity contribution < 1.29 is 9.59 Å². The summed E-state index contributed by atoms with van der Waals surface area (Å²) in [7, 11) is 0. The van der Waals surface area contributed by atoms with Gasteiger partial charge in [-0.15, -0.1) is 0 Å². The average Bonchev–Trinajstić information content (AvgIpc) is 2.46. The van der Waals surface area contributed by atoms with Crippen LogP contribution in [0.2, 0.25) is 0 Å². The van der Waals surface area contributed by atoms with Gasteiger partial charge in [0.1, 0.15) is 0 Å². The minimum atomic E-state index is -0.576. The van der Waals surface area contributed by atoms with Gasteiger partial charge in [-0.1, -0.05) is 30.3 Å². The Morgan fingerprint density at radius 1 is 1.05 bits per heavy atom. The smallest absolute Gasteiger partial charge is 0.234 e. The van der Waals surface area contributed by atoms with Gasteiger partial charge in [-0.05, 0) is 30.4 Å². The van der Waals surface area contributed by atoms with Crippen molar-refractivity contribution in [2.24, 2.45) is 22.9 Å². The van der Waals surface area contributed by atoms with E-state index in [2.05, 4.69) is 0 Å². The number of carbonyl (C=O) groups excluding carboxylic acids is 2. The molecular formula is C14H24N4O2S. The van der Waals surface area contributed by atoms with Crippen molar-refractivity contribution in [3.8, 4) is 0 Å². The predicted octanol–water partition coefficient (Wildman–Crippen LogP) is -0.406. The highest BCUT2D eigenvalue weighted by molar-refractivity contribution is 7.98. The fraction of sp³-hybridized carbons (Fsp3) is 0.429. The zero-order chi connectivity index (χ0) is 16.3. The summed E-state index contributed by atoms with van der Waals surface area (Å²) in [5.74, 6) is 0.0207. The monoisotopic (exact) mass is 312 g/mol. The standard InChI is InChI=1S/C9H12N2O.C5H12N2OS/c10-8(9(11)12)6-7-4-2-1-3-5-7;1-9-3-2-4(6)5(7)8/h1-5,8H,6,10H2,(H2,11,12);4H,2-3,6H2,1H3,(H2,7,8)/t8-;4-/m00/s1. The second-order valence-corrected chi connectivity index (χ2v) is 5.47. The molecule has 0 heterocycles. The number of benzene rings is 1. The Morgan fingerprint density at radius 3 is 2.00 bits per heavy atom. The third-order valence-electron chi connectivity index (χ3n) is 2.66. The largest absolute Gasteiger partial charge is 0.368 e. The van der Waals surface area contributed by atoms with Crippen LogP contribution in [-0.2, 0) is 16.0 Å². The van der Waals surface area contributed by atoms with Gasteiger partial charge in [-0.3, -0.25) is 9.59 Å². The molecule has 0 aliphatic carbocycles. The maximum Gasteiger partial charge on any atom is 0.234 e. The molecule has 1 rings (SSSR count). The minimum Gasteiger partial charge on any atom is -0.368 e. The molecule has 0 aliphatic rings. The van der Waals surface area contributed by atoms with Gasteiger partial charge in [-0.25, -0.2) is 0 Å². The summed E-state index contributed by atoms with van der Waals surface area (Å²) in [6, 6.07) is 8.53. The third kappa shape index (κ3) is 9.89. The molecule has 0 spiro atoms. The van der Waals surface area contributed by atoms with Gasteiger partial charge in [-0.2, -0.15) is 11.8 Å². The molecule has 1 aromatic rings. The molecule has 7 heteroatoms. The van der Waals surface area contributed by atoms with Crippen molar-refractivity contribution in [2.45, 2.75) is 24.9 Å². The summed E-state index contributed by atoms with van der Waals surface area (Å²) in [6.07, 6.45) is 3.15. The van der Waals surface area contributed by atoms with E-state index in [0.717, 1.165) is 11.3 Å². The Balaban J connectivity index is 0.000000400. The SMILES string of the molecule is CSCC[C@H](N)C(N)=O.NC(=O)[C@@H](N)Cc1ccccc1. The maximum absolute atomic E-state index is 10.6. The summed E-state index contributed by atoms with van der Waals surface area (Å²) in [6.45, 7) is 0. The highest BCUT2D eigenvalue weighted by Gasteiger charge is 2.08. The average molecular weight is 312 g/mol. The molecule has 2 amide bonds. The summed E-state index contributed by atoms with van der Waals surface area (Å²) < 4.78 is 0. The van der Waals surface area contributed by atoms with E-state index in [0.29, 0.717) is 12.8 Å². The first-order chi connectivity index (χ1) is 9.88. The quantitative estimate of drug-likeness (QED) is 0.542. The molecule has 8 N–H and O–H groups in total. The Labute approximate surface area is 129 Å². The molecule has 0 unspecified atom stereocenters. The van der Waals surface area contributed by atoms with Gasteiger partial charge in [0.25, 0.3) is 0 Å². The van der Waals surface area contributed by atoms with E-state index in [-0.39, 0.29) is 0 Å². The number of rotatable bonds is 7. The number of hydrogen-bond donors (Lipinski definition) is 4. The van der Waals surface area contributed by atoms with Crippen molar-refractivity contribution in [3.05, 3.63) is 35.9 Å². The van der Waals surface area contributed by atoms with Gasteiger partial charge < -0.3 is 22.9 Å². The second-order valence-electron chi connectivity index (χ2n) is 4.49. The van der Waals surface area contributed by atoms with Crippen LogP contribution >= 0.6 is 11.8 Å². The van der Waals surface area contributed by atoms with E-state index in [1.165, 1.54) is 0 Å². The van der Waals surface area contributed by atoms with Crippen molar-refractivity contribution in [1.29, 1.82) is 0 Å². The maximum atomic E-state index is 10.6. The zero-order valence-electron chi connectivity index (χ0n) is 12.2. The lowest BCUT2D eigenvalue weighted by Gasteiger charge is -2.06. The van der Waals surface area contributed by atoms with Gasteiger partial charge in [0.15, 0.2) is 0 Å². The number of hydrogen-bond acceptors (Lipinski definition) is 5.